The van der Waals surface area contributed by atoms with E-state index in [1.54, 1.807) is 7.11 Å². The molecule has 1 aliphatic heterocycles. The number of carbonyl (C=O) groups excluding carboxylic acids is 2. The van der Waals surface area contributed by atoms with Crippen LogP contribution in [0.4, 0.5) is 15.8 Å². The van der Waals surface area contributed by atoms with E-state index >= 15 is 0 Å². The van der Waals surface area contributed by atoms with Gasteiger partial charge in [-0.3, -0.25) is 14.5 Å². The van der Waals surface area contributed by atoms with Gasteiger partial charge in [-0.25, -0.2) is 4.39 Å². The molecular weight excluding hydrogens is 305 g/mol. The molecule has 0 saturated heterocycles. The van der Waals surface area contributed by atoms with Crippen LogP contribution in [-0.2, 0) is 14.3 Å². The summed E-state index contributed by atoms with van der Waals surface area (Å²) in [5.74, 6) is -1.55. The van der Waals surface area contributed by atoms with Crippen molar-refractivity contribution in [1.29, 1.82) is 0 Å². The molecule has 3 N–H and O–H groups in total. The first-order chi connectivity index (χ1) is 11.1. The van der Waals surface area contributed by atoms with Gasteiger partial charge in [0.25, 0.3) is 11.8 Å². The maximum Gasteiger partial charge on any atom is 0.277 e. The number of benzene rings is 1. The Labute approximate surface area is 132 Å². The van der Waals surface area contributed by atoms with Crippen LogP contribution in [-0.4, -0.2) is 55.2 Å². The first-order valence-electron chi connectivity index (χ1n) is 7.04. The first kappa shape index (κ1) is 16.9. The molecule has 1 aromatic rings. The summed E-state index contributed by atoms with van der Waals surface area (Å²) >= 11 is 0. The fourth-order valence-corrected chi connectivity index (χ4v) is 2.12. The molecule has 2 rings (SSSR count). The number of nitrogens with one attached hydrogen (secondary N) is 2. The highest BCUT2D eigenvalue weighted by molar-refractivity contribution is 6.17. The fraction of sp³-hybridized carbons (Fsp3) is 0.333. The van der Waals surface area contributed by atoms with E-state index in [1.807, 2.05) is 0 Å². The minimum absolute atomic E-state index is 0.0313. The zero-order valence-corrected chi connectivity index (χ0v) is 12.6. The van der Waals surface area contributed by atoms with Gasteiger partial charge in [-0.15, -0.1) is 0 Å². The van der Waals surface area contributed by atoms with Crippen molar-refractivity contribution >= 4 is 23.2 Å². The van der Waals surface area contributed by atoms with Crippen LogP contribution in [0.5, 0.6) is 0 Å². The summed E-state index contributed by atoms with van der Waals surface area (Å²) < 4.78 is 18.4. The molecule has 0 aliphatic carbocycles. The summed E-state index contributed by atoms with van der Waals surface area (Å²) in [5.41, 5.74) is 0.938. The molecule has 1 aliphatic rings. The number of carbonyl (C=O) groups is 2. The lowest BCUT2D eigenvalue weighted by atomic mass is 10.2. The van der Waals surface area contributed by atoms with Crippen molar-refractivity contribution in [3.8, 4) is 0 Å². The van der Waals surface area contributed by atoms with Crippen molar-refractivity contribution in [1.82, 2.24) is 4.90 Å². The molecule has 0 bridgehead atoms. The molecule has 0 unspecified atom stereocenters. The van der Waals surface area contributed by atoms with E-state index in [0.717, 1.165) is 11.0 Å². The normalized spacial score (nSPS) is 14.2. The number of halogens is 1. The lowest BCUT2D eigenvalue weighted by Crippen LogP contribution is -2.34. The largest absolute Gasteiger partial charge is 0.395 e. The fourth-order valence-electron chi connectivity index (χ4n) is 2.12. The van der Waals surface area contributed by atoms with Gasteiger partial charge in [-0.05, 0) is 18.2 Å². The Morgan fingerprint density at radius 2 is 2.09 bits per heavy atom. The van der Waals surface area contributed by atoms with Gasteiger partial charge in [-0.1, -0.05) is 0 Å². The monoisotopic (exact) mass is 323 g/mol. The number of amides is 2. The van der Waals surface area contributed by atoms with E-state index in [0.29, 0.717) is 24.5 Å². The third-order valence-electron chi connectivity index (χ3n) is 3.21. The predicted octanol–water partition coefficient (Wildman–Crippen LogP) is 0.541. The van der Waals surface area contributed by atoms with Crippen LogP contribution in [0.1, 0.15) is 0 Å². The van der Waals surface area contributed by atoms with Crippen molar-refractivity contribution in [3.63, 3.8) is 0 Å². The standard InChI is InChI=1S/C15H18FN3O4/c1-23-7-4-17-11-3-2-10(16)8-12(11)18-13-9-14(21)19(5-6-20)15(13)22/h2-3,8-9,17-18,20H,4-7H2,1H3. The van der Waals surface area contributed by atoms with Crippen LogP contribution in [0.3, 0.4) is 0 Å². The summed E-state index contributed by atoms with van der Waals surface area (Å²) in [6, 6.07) is 4.04. The third-order valence-corrected chi connectivity index (χ3v) is 3.21. The molecular formula is C15H18FN3O4. The van der Waals surface area contributed by atoms with Crippen LogP contribution in [0.25, 0.3) is 0 Å². The number of hydrogen-bond acceptors (Lipinski definition) is 6. The van der Waals surface area contributed by atoms with Crippen molar-refractivity contribution in [2.24, 2.45) is 0 Å². The van der Waals surface area contributed by atoms with Crippen molar-refractivity contribution in [3.05, 3.63) is 35.8 Å². The van der Waals surface area contributed by atoms with E-state index < -0.39 is 17.6 Å². The van der Waals surface area contributed by atoms with E-state index in [2.05, 4.69) is 10.6 Å². The minimum Gasteiger partial charge on any atom is -0.395 e. The quantitative estimate of drug-likeness (QED) is 0.478. The number of anilines is 2. The van der Waals surface area contributed by atoms with Gasteiger partial charge in [0.1, 0.15) is 11.5 Å². The molecule has 23 heavy (non-hydrogen) atoms. The lowest BCUT2D eigenvalue weighted by molar-refractivity contribution is -0.137. The number of methoxy groups -OCH3 is 1. The van der Waals surface area contributed by atoms with Crippen LogP contribution in [0, 0.1) is 5.82 Å². The average Bonchev–Trinajstić information content (AvgIpc) is 2.78. The zero-order chi connectivity index (χ0) is 16.8. The highest BCUT2D eigenvalue weighted by Gasteiger charge is 2.30. The number of rotatable bonds is 8. The van der Waals surface area contributed by atoms with Gasteiger partial charge < -0.3 is 20.5 Å². The number of β-amino-alcohol motifs (C(OH)–C–C–N with tert-alkyl or cyclic N) is 1. The molecule has 0 fully saturated rings. The molecule has 0 spiro atoms. The van der Waals surface area contributed by atoms with Crippen molar-refractivity contribution in [2.45, 2.75) is 0 Å². The Bertz CT molecular complexity index is 633. The smallest absolute Gasteiger partial charge is 0.277 e. The molecule has 8 heteroatoms. The molecule has 7 nitrogen and oxygen atoms in total. The van der Waals surface area contributed by atoms with Gasteiger partial charge in [-0.2, -0.15) is 0 Å². The Kier molecular flexibility index (Phi) is 5.67. The summed E-state index contributed by atoms with van der Waals surface area (Å²) in [6.45, 7) is 0.560. The van der Waals surface area contributed by atoms with Gasteiger partial charge in [0.15, 0.2) is 0 Å². The Hall–Kier alpha value is -2.45. The summed E-state index contributed by atoms with van der Waals surface area (Å²) in [5, 5.41) is 14.7. The van der Waals surface area contributed by atoms with E-state index in [1.165, 1.54) is 18.2 Å². The number of imide groups is 1. The summed E-state index contributed by atoms with van der Waals surface area (Å²) in [4.78, 5) is 24.7. The molecule has 1 aromatic carbocycles. The van der Waals surface area contributed by atoms with Crippen molar-refractivity contribution < 1.29 is 23.8 Å². The van der Waals surface area contributed by atoms with E-state index in [9.17, 15) is 14.0 Å². The Morgan fingerprint density at radius 1 is 1.30 bits per heavy atom. The molecule has 0 saturated carbocycles. The van der Waals surface area contributed by atoms with Gasteiger partial charge >= 0.3 is 0 Å². The van der Waals surface area contributed by atoms with Crippen molar-refractivity contribution in [2.75, 3.05) is 44.0 Å². The number of aliphatic hydroxyl groups is 1. The van der Waals surface area contributed by atoms with Crippen LogP contribution >= 0.6 is 0 Å². The number of ether oxygens (including phenoxy) is 1. The molecule has 1 heterocycles. The summed E-state index contributed by atoms with van der Waals surface area (Å²) in [7, 11) is 1.56. The molecule has 124 valence electrons. The van der Waals surface area contributed by atoms with Gasteiger partial charge in [0.2, 0.25) is 0 Å². The number of nitrogens with zero attached hydrogens (tertiary/aromatic N) is 1. The predicted molar refractivity (Wildman–Crippen MR) is 82.3 cm³/mol. The average molecular weight is 323 g/mol. The highest BCUT2D eigenvalue weighted by Crippen LogP contribution is 2.26. The molecule has 2 amide bonds. The van der Waals surface area contributed by atoms with Gasteiger partial charge in [0.05, 0.1) is 31.1 Å². The SMILES string of the molecule is COCCNc1ccc(F)cc1NC1=CC(=O)N(CCO)C1=O. The number of aliphatic hydroxyl groups excluding tert-OH is 1. The van der Waals surface area contributed by atoms with E-state index in [-0.39, 0.29) is 18.8 Å². The molecule has 0 atom stereocenters. The molecule has 0 radical (unpaired) electrons. The van der Waals surface area contributed by atoms with Crippen LogP contribution < -0.4 is 10.6 Å². The second-order valence-electron chi connectivity index (χ2n) is 4.81. The summed E-state index contributed by atoms with van der Waals surface area (Å²) in [6.07, 6.45) is 1.13. The van der Waals surface area contributed by atoms with E-state index in [4.69, 9.17) is 9.84 Å². The second-order valence-corrected chi connectivity index (χ2v) is 4.81. The second kappa shape index (κ2) is 7.70. The zero-order valence-electron chi connectivity index (χ0n) is 12.6. The minimum atomic E-state index is -0.559. The number of hydrogen-bond donors (Lipinski definition) is 3. The van der Waals surface area contributed by atoms with Crippen LogP contribution in [0.2, 0.25) is 0 Å². The Balaban J connectivity index is 2.16. The van der Waals surface area contributed by atoms with Crippen LogP contribution in [0.15, 0.2) is 30.0 Å². The molecule has 0 aromatic heterocycles. The maximum absolute atomic E-state index is 13.5. The lowest BCUT2D eigenvalue weighted by Gasteiger charge is -2.16. The Morgan fingerprint density at radius 3 is 2.78 bits per heavy atom. The third kappa shape index (κ3) is 4.05. The topological polar surface area (TPSA) is 90.9 Å². The first-order valence-corrected chi connectivity index (χ1v) is 7.04. The maximum atomic E-state index is 13.5. The van der Waals surface area contributed by atoms with Gasteiger partial charge in [0, 0.05) is 19.7 Å². The highest BCUT2D eigenvalue weighted by atomic mass is 19.1.